The Kier molecular flexibility index (Phi) is 2.70. The van der Waals surface area contributed by atoms with Crippen molar-refractivity contribution in [2.45, 2.75) is 30.8 Å². The summed E-state index contributed by atoms with van der Waals surface area (Å²) in [4.78, 5) is 20.8. The number of hydrogen-bond donors (Lipinski definition) is 3. The Morgan fingerprint density at radius 2 is 2.00 bits per heavy atom. The van der Waals surface area contributed by atoms with E-state index in [9.17, 15) is 18.4 Å². The quantitative estimate of drug-likeness (QED) is 0.572. The average molecular weight is 208 g/mol. The molecule has 7 heteroatoms. The Morgan fingerprint density at radius 3 is 2.36 bits per heavy atom. The van der Waals surface area contributed by atoms with Crippen molar-refractivity contribution in [3.8, 4) is 0 Å². The molecule has 1 fully saturated rings. The van der Waals surface area contributed by atoms with E-state index in [0.717, 1.165) is 0 Å². The van der Waals surface area contributed by atoms with Crippen molar-refractivity contribution in [3.63, 3.8) is 0 Å². The molecule has 5 nitrogen and oxygen atoms in total. The molecule has 1 amide bonds. The van der Waals surface area contributed by atoms with Gasteiger partial charge in [0, 0.05) is 0 Å². The minimum Gasteiger partial charge on any atom is -0.480 e. The molecule has 0 radical (unpaired) electrons. The largest absolute Gasteiger partial charge is 0.480 e. The van der Waals surface area contributed by atoms with Crippen LogP contribution in [0.5, 0.6) is 0 Å². The number of nitrogens with two attached hydrogens (primary N) is 1. The number of carbonyl (C=O) groups excluding carboxylic acids is 1. The second-order valence-corrected chi connectivity index (χ2v) is 3.17. The lowest BCUT2D eigenvalue weighted by atomic mass is 10.1. The summed E-state index contributed by atoms with van der Waals surface area (Å²) in [5, 5.41) is 10.7. The summed E-state index contributed by atoms with van der Waals surface area (Å²) in [5.74, 6) is -6.63. The fourth-order valence-electron chi connectivity index (χ4n) is 1.40. The molecule has 1 heterocycles. The Balaban J connectivity index is 2.66. The van der Waals surface area contributed by atoms with Crippen molar-refractivity contribution in [1.29, 1.82) is 0 Å². The highest BCUT2D eigenvalue weighted by Crippen LogP contribution is 2.27. The van der Waals surface area contributed by atoms with Crippen LogP contribution in [0.1, 0.15) is 12.8 Å². The highest BCUT2D eigenvalue weighted by molar-refractivity contribution is 5.83. The number of primary amides is 1. The van der Waals surface area contributed by atoms with Crippen molar-refractivity contribution >= 4 is 11.9 Å². The number of aliphatic carboxylic acids is 1. The van der Waals surface area contributed by atoms with Gasteiger partial charge in [0.05, 0.1) is 6.04 Å². The molecular formula is C7H10F2N2O3. The fourth-order valence-corrected chi connectivity index (χ4v) is 1.40. The standard InChI is InChI=1S/C7H10F2N2O3/c8-7(9,6(10)14)4-2-1-3(11-4)5(12)13/h3-4,11H,1-2H2,(H2,10,14)(H,12,13). The lowest BCUT2D eigenvalue weighted by Gasteiger charge is -2.20. The van der Waals surface area contributed by atoms with Gasteiger partial charge in [-0.15, -0.1) is 0 Å². The number of carboxylic acid groups (broad SMARTS) is 1. The first kappa shape index (κ1) is 10.8. The topological polar surface area (TPSA) is 92.4 Å². The summed E-state index contributed by atoms with van der Waals surface area (Å²) >= 11 is 0. The molecular weight excluding hydrogens is 198 g/mol. The third-order valence-corrected chi connectivity index (χ3v) is 2.21. The lowest BCUT2D eigenvalue weighted by molar-refractivity contribution is -0.147. The zero-order valence-electron chi connectivity index (χ0n) is 7.17. The molecule has 0 bridgehead atoms. The maximum atomic E-state index is 13.0. The molecule has 1 saturated heterocycles. The zero-order chi connectivity index (χ0) is 10.9. The first-order valence-corrected chi connectivity index (χ1v) is 4.02. The van der Waals surface area contributed by atoms with Gasteiger partial charge in [0.15, 0.2) is 0 Å². The Bertz CT molecular complexity index is 270. The van der Waals surface area contributed by atoms with Crippen LogP contribution in [-0.4, -0.2) is 35.0 Å². The zero-order valence-corrected chi connectivity index (χ0v) is 7.17. The molecule has 2 unspecified atom stereocenters. The molecule has 0 aliphatic carbocycles. The minimum absolute atomic E-state index is 0.0723. The van der Waals surface area contributed by atoms with Crippen LogP contribution in [0.3, 0.4) is 0 Å². The first-order chi connectivity index (χ1) is 6.35. The molecule has 0 aromatic heterocycles. The van der Waals surface area contributed by atoms with Gasteiger partial charge in [-0.25, -0.2) is 0 Å². The van der Waals surface area contributed by atoms with E-state index in [4.69, 9.17) is 5.11 Å². The molecule has 0 spiro atoms. The second-order valence-electron chi connectivity index (χ2n) is 3.17. The van der Waals surface area contributed by atoms with Crippen molar-refractivity contribution in [1.82, 2.24) is 5.32 Å². The van der Waals surface area contributed by atoms with Gasteiger partial charge in [0.1, 0.15) is 6.04 Å². The first-order valence-electron chi connectivity index (χ1n) is 4.02. The molecule has 4 N–H and O–H groups in total. The van der Waals surface area contributed by atoms with E-state index in [0.29, 0.717) is 0 Å². The van der Waals surface area contributed by atoms with Gasteiger partial charge >= 0.3 is 11.9 Å². The van der Waals surface area contributed by atoms with E-state index in [1.807, 2.05) is 0 Å². The predicted octanol–water partition coefficient (Wildman–Crippen LogP) is -0.688. The van der Waals surface area contributed by atoms with Crippen LogP contribution in [0, 0.1) is 0 Å². The minimum atomic E-state index is -3.69. The van der Waals surface area contributed by atoms with E-state index in [-0.39, 0.29) is 12.8 Å². The number of rotatable bonds is 3. The maximum absolute atomic E-state index is 13.0. The van der Waals surface area contributed by atoms with Gasteiger partial charge in [-0.3, -0.25) is 14.9 Å². The average Bonchev–Trinajstić information content (AvgIpc) is 2.51. The maximum Gasteiger partial charge on any atom is 0.339 e. The fraction of sp³-hybridized carbons (Fsp3) is 0.714. The molecule has 0 aromatic rings. The van der Waals surface area contributed by atoms with E-state index >= 15 is 0 Å². The number of hydrogen-bond acceptors (Lipinski definition) is 3. The Labute approximate surface area is 78.3 Å². The van der Waals surface area contributed by atoms with Gasteiger partial charge in [0.25, 0.3) is 5.91 Å². The molecule has 2 atom stereocenters. The number of carboxylic acids is 1. The number of carbonyl (C=O) groups is 2. The lowest BCUT2D eigenvalue weighted by Crippen LogP contribution is -2.52. The van der Waals surface area contributed by atoms with Crippen LogP contribution in [0.25, 0.3) is 0 Å². The molecule has 1 rings (SSSR count). The monoisotopic (exact) mass is 208 g/mol. The van der Waals surface area contributed by atoms with E-state index < -0.39 is 29.9 Å². The van der Waals surface area contributed by atoms with Gasteiger partial charge in [-0.2, -0.15) is 8.78 Å². The van der Waals surface area contributed by atoms with E-state index in [1.54, 1.807) is 0 Å². The normalized spacial score (nSPS) is 27.6. The van der Waals surface area contributed by atoms with Crippen LogP contribution >= 0.6 is 0 Å². The van der Waals surface area contributed by atoms with E-state index in [2.05, 4.69) is 11.1 Å². The van der Waals surface area contributed by atoms with Crippen molar-refractivity contribution in [2.75, 3.05) is 0 Å². The third-order valence-electron chi connectivity index (χ3n) is 2.21. The van der Waals surface area contributed by atoms with E-state index in [1.165, 1.54) is 0 Å². The van der Waals surface area contributed by atoms with Crippen molar-refractivity contribution in [2.24, 2.45) is 5.73 Å². The van der Waals surface area contributed by atoms with Crippen LogP contribution in [0.4, 0.5) is 8.78 Å². The molecule has 80 valence electrons. The molecule has 1 aliphatic heterocycles. The Hall–Kier alpha value is -1.24. The molecule has 0 aromatic carbocycles. The molecule has 14 heavy (non-hydrogen) atoms. The predicted molar refractivity (Wildman–Crippen MR) is 41.7 cm³/mol. The van der Waals surface area contributed by atoms with Gasteiger partial charge < -0.3 is 10.8 Å². The number of alkyl halides is 2. The van der Waals surface area contributed by atoms with Crippen LogP contribution in [0.2, 0.25) is 0 Å². The van der Waals surface area contributed by atoms with Crippen LogP contribution in [0.15, 0.2) is 0 Å². The van der Waals surface area contributed by atoms with Gasteiger partial charge in [-0.05, 0) is 12.8 Å². The van der Waals surface area contributed by atoms with Gasteiger partial charge in [-0.1, -0.05) is 0 Å². The Morgan fingerprint density at radius 1 is 1.43 bits per heavy atom. The van der Waals surface area contributed by atoms with Crippen LogP contribution in [-0.2, 0) is 9.59 Å². The summed E-state index contributed by atoms with van der Waals surface area (Å²) in [6.07, 6.45) is -0.00419. The third kappa shape index (κ3) is 1.82. The summed E-state index contributed by atoms with van der Waals surface area (Å²) in [6.45, 7) is 0. The highest BCUT2D eigenvalue weighted by Gasteiger charge is 2.49. The molecule has 1 aliphatic rings. The van der Waals surface area contributed by atoms with Crippen molar-refractivity contribution in [3.05, 3.63) is 0 Å². The number of halogens is 2. The summed E-state index contributed by atoms with van der Waals surface area (Å²) in [5.41, 5.74) is 4.50. The summed E-state index contributed by atoms with van der Waals surface area (Å²) in [7, 11) is 0. The molecule has 0 saturated carbocycles. The number of nitrogens with one attached hydrogen (secondary N) is 1. The second kappa shape index (κ2) is 3.49. The summed E-state index contributed by atoms with van der Waals surface area (Å²) < 4.78 is 25.9. The highest BCUT2D eigenvalue weighted by atomic mass is 19.3. The summed E-state index contributed by atoms with van der Waals surface area (Å²) in [6, 6.07) is -2.49. The van der Waals surface area contributed by atoms with Crippen molar-refractivity contribution < 1.29 is 23.5 Å². The van der Waals surface area contributed by atoms with Crippen LogP contribution < -0.4 is 11.1 Å². The number of amides is 1. The van der Waals surface area contributed by atoms with Gasteiger partial charge in [0.2, 0.25) is 0 Å². The smallest absolute Gasteiger partial charge is 0.339 e. The SMILES string of the molecule is NC(=O)C(F)(F)C1CCC(C(=O)O)N1.